The van der Waals surface area contributed by atoms with Gasteiger partial charge in [0.1, 0.15) is 5.70 Å². The molecule has 0 aliphatic carbocycles. The van der Waals surface area contributed by atoms with Crippen molar-refractivity contribution in [2.45, 2.75) is 4.90 Å². The van der Waals surface area contributed by atoms with Gasteiger partial charge in [0.05, 0.1) is 11.4 Å². The third-order valence-corrected chi connectivity index (χ3v) is 9.30. The summed E-state index contributed by atoms with van der Waals surface area (Å²) >= 11 is 8.93. The summed E-state index contributed by atoms with van der Waals surface area (Å²) in [7, 11) is 0. The predicted octanol–water partition coefficient (Wildman–Crippen LogP) is 9.27. The molecule has 0 bridgehead atoms. The van der Waals surface area contributed by atoms with Crippen LogP contribution in [0.15, 0.2) is 149 Å². The first kappa shape index (κ1) is 33.4. The number of halogens is 1. The lowest BCUT2D eigenvalue weighted by molar-refractivity contribution is -0.114. The van der Waals surface area contributed by atoms with Crippen LogP contribution >= 0.6 is 34.7 Å². The monoisotopic (exact) mass is 700 g/mol. The van der Waals surface area contributed by atoms with E-state index in [9.17, 15) is 14.4 Å². The van der Waals surface area contributed by atoms with Gasteiger partial charge in [-0.15, -0.1) is 23.1 Å². The molecule has 0 radical (unpaired) electrons. The van der Waals surface area contributed by atoms with Gasteiger partial charge in [-0.1, -0.05) is 109 Å². The summed E-state index contributed by atoms with van der Waals surface area (Å²) in [6, 6.07) is 41.0. The molecule has 242 valence electrons. The molecule has 0 aliphatic rings. The SMILES string of the molecule is O=C(CSc1cccc(NC(=O)/C(=C\c2ccc(-c3ccccc3)cc2)NC(=O)c2ccccc2)c1)Nc1nc(-c2ccccc2Cl)cs1. The summed E-state index contributed by atoms with van der Waals surface area (Å²) in [4.78, 5) is 44.7. The van der Waals surface area contributed by atoms with Gasteiger partial charge in [0, 0.05) is 32.1 Å². The van der Waals surface area contributed by atoms with Crippen molar-refractivity contribution in [1.29, 1.82) is 0 Å². The highest BCUT2D eigenvalue weighted by Gasteiger charge is 2.16. The Morgan fingerprint density at radius 1 is 0.755 bits per heavy atom. The van der Waals surface area contributed by atoms with E-state index in [1.165, 1.54) is 23.1 Å². The summed E-state index contributed by atoms with van der Waals surface area (Å²) in [5, 5.41) is 11.4. The van der Waals surface area contributed by atoms with Crippen LogP contribution in [0.2, 0.25) is 5.02 Å². The molecule has 6 rings (SSSR count). The van der Waals surface area contributed by atoms with Gasteiger partial charge in [-0.25, -0.2) is 4.98 Å². The average molecular weight is 701 g/mol. The van der Waals surface area contributed by atoms with Gasteiger partial charge in [-0.2, -0.15) is 0 Å². The summed E-state index contributed by atoms with van der Waals surface area (Å²) in [6.45, 7) is 0. The van der Waals surface area contributed by atoms with Gasteiger partial charge in [-0.3, -0.25) is 14.4 Å². The summed E-state index contributed by atoms with van der Waals surface area (Å²) in [6.07, 6.45) is 1.64. The molecule has 6 aromatic rings. The molecule has 0 atom stereocenters. The first-order valence-electron chi connectivity index (χ1n) is 15.2. The first-order chi connectivity index (χ1) is 23.9. The number of anilines is 2. The van der Waals surface area contributed by atoms with Gasteiger partial charge < -0.3 is 16.0 Å². The molecule has 0 spiro atoms. The van der Waals surface area contributed by atoms with Crippen molar-refractivity contribution in [3.05, 3.63) is 161 Å². The van der Waals surface area contributed by atoms with Gasteiger partial charge in [0.15, 0.2) is 5.13 Å². The zero-order chi connectivity index (χ0) is 34.0. The molecule has 10 heteroatoms. The molecule has 49 heavy (non-hydrogen) atoms. The largest absolute Gasteiger partial charge is 0.321 e. The Morgan fingerprint density at radius 2 is 1.45 bits per heavy atom. The number of hydrogen-bond donors (Lipinski definition) is 3. The molecule has 3 amide bonds. The molecule has 1 heterocycles. The topological polar surface area (TPSA) is 100 Å². The molecule has 0 saturated carbocycles. The van der Waals surface area contributed by atoms with Crippen molar-refractivity contribution in [2.24, 2.45) is 0 Å². The van der Waals surface area contributed by atoms with Crippen molar-refractivity contribution in [3.8, 4) is 22.4 Å². The van der Waals surface area contributed by atoms with Crippen molar-refractivity contribution in [3.63, 3.8) is 0 Å². The van der Waals surface area contributed by atoms with E-state index in [0.717, 1.165) is 27.1 Å². The third kappa shape index (κ3) is 9.11. The lowest BCUT2D eigenvalue weighted by Gasteiger charge is -2.12. The van der Waals surface area contributed by atoms with Crippen LogP contribution in [0, 0.1) is 0 Å². The number of aromatic nitrogens is 1. The van der Waals surface area contributed by atoms with E-state index in [1.54, 1.807) is 54.6 Å². The second-order valence-corrected chi connectivity index (χ2v) is 13.0. The van der Waals surface area contributed by atoms with Crippen LogP contribution in [-0.2, 0) is 9.59 Å². The number of nitrogens with zero attached hydrogens (tertiary/aromatic N) is 1. The van der Waals surface area contributed by atoms with E-state index in [2.05, 4.69) is 20.9 Å². The molecule has 0 unspecified atom stereocenters. The van der Waals surface area contributed by atoms with E-state index in [1.807, 2.05) is 90.3 Å². The molecular formula is C39H29ClN4O3S2. The quantitative estimate of drug-likeness (QED) is 0.0924. The van der Waals surface area contributed by atoms with Crippen LogP contribution in [-0.4, -0.2) is 28.5 Å². The van der Waals surface area contributed by atoms with E-state index < -0.39 is 11.8 Å². The van der Waals surface area contributed by atoms with Gasteiger partial charge in [-0.05, 0) is 59.2 Å². The summed E-state index contributed by atoms with van der Waals surface area (Å²) < 4.78 is 0. The van der Waals surface area contributed by atoms with Gasteiger partial charge in [0.2, 0.25) is 5.91 Å². The molecule has 5 aromatic carbocycles. The molecule has 0 aliphatic heterocycles. The number of thioether (sulfide) groups is 1. The van der Waals surface area contributed by atoms with Crippen LogP contribution in [0.25, 0.3) is 28.5 Å². The van der Waals surface area contributed by atoms with Crippen LogP contribution in [0.4, 0.5) is 10.8 Å². The fraction of sp³-hybridized carbons (Fsp3) is 0.0256. The smallest absolute Gasteiger partial charge is 0.272 e. The second kappa shape index (κ2) is 16.1. The molecule has 0 saturated heterocycles. The Hall–Kier alpha value is -5.48. The highest BCUT2D eigenvalue weighted by molar-refractivity contribution is 8.00. The lowest BCUT2D eigenvalue weighted by Crippen LogP contribution is -2.30. The van der Waals surface area contributed by atoms with E-state index in [4.69, 9.17) is 11.6 Å². The number of amides is 3. The van der Waals surface area contributed by atoms with Crippen LogP contribution in [0.3, 0.4) is 0 Å². The van der Waals surface area contributed by atoms with Crippen molar-refractivity contribution >= 4 is 69.3 Å². The number of hydrogen-bond acceptors (Lipinski definition) is 6. The van der Waals surface area contributed by atoms with Gasteiger partial charge in [0.25, 0.3) is 11.8 Å². The Kier molecular flexibility index (Phi) is 11.0. The zero-order valence-electron chi connectivity index (χ0n) is 25.9. The lowest BCUT2D eigenvalue weighted by atomic mass is 10.0. The maximum Gasteiger partial charge on any atom is 0.272 e. The zero-order valence-corrected chi connectivity index (χ0v) is 28.3. The number of thiazole rings is 1. The summed E-state index contributed by atoms with van der Waals surface area (Å²) in [5.74, 6) is -0.978. The Labute approximate surface area is 297 Å². The Bertz CT molecular complexity index is 2120. The highest BCUT2D eigenvalue weighted by Crippen LogP contribution is 2.30. The van der Waals surface area contributed by atoms with Crippen LogP contribution in [0.5, 0.6) is 0 Å². The number of carbonyl (C=O) groups is 3. The number of carbonyl (C=O) groups excluding carboxylic acids is 3. The maximum absolute atomic E-state index is 13.6. The average Bonchev–Trinajstić information content (AvgIpc) is 3.59. The minimum Gasteiger partial charge on any atom is -0.321 e. The minimum atomic E-state index is -0.491. The fourth-order valence-electron chi connectivity index (χ4n) is 4.80. The molecule has 3 N–H and O–H groups in total. The fourth-order valence-corrected chi connectivity index (χ4v) is 6.52. The Morgan fingerprint density at radius 3 is 2.20 bits per heavy atom. The standard InChI is InChI=1S/C39H29ClN4O3S2/c40-33-17-8-7-16-32(33)35-24-49-39(43-35)44-36(45)25-48-31-15-9-14-30(23-31)41-38(47)34(42-37(46)29-12-5-2-6-13-29)22-26-18-20-28(21-19-26)27-10-3-1-4-11-27/h1-24H,25H2,(H,41,47)(H,42,46)(H,43,44,45)/b34-22+. The molecule has 1 aromatic heterocycles. The van der Waals surface area contributed by atoms with E-state index in [0.29, 0.717) is 27.1 Å². The van der Waals surface area contributed by atoms with E-state index in [-0.39, 0.29) is 17.4 Å². The third-order valence-electron chi connectivity index (χ3n) is 7.22. The molecule has 7 nitrogen and oxygen atoms in total. The highest BCUT2D eigenvalue weighted by atomic mass is 35.5. The Balaban J connectivity index is 1.12. The van der Waals surface area contributed by atoms with Crippen LogP contribution in [0.1, 0.15) is 15.9 Å². The normalized spacial score (nSPS) is 11.1. The molecule has 0 fully saturated rings. The summed E-state index contributed by atoms with van der Waals surface area (Å²) in [5.41, 5.74) is 5.37. The number of rotatable bonds is 11. The van der Waals surface area contributed by atoms with Crippen molar-refractivity contribution < 1.29 is 14.4 Å². The number of benzene rings is 5. The van der Waals surface area contributed by atoms with Crippen molar-refractivity contribution in [2.75, 3.05) is 16.4 Å². The number of nitrogens with one attached hydrogen (secondary N) is 3. The van der Waals surface area contributed by atoms with Crippen LogP contribution < -0.4 is 16.0 Å². The second-order valence-electron chi connectivity index (χ2n) is 10.7. The first-order valence-corrected chi connectivity index (χ1v) is 17.4. The molecular weight excluding hydrogens is 672 g/mol. The van der Waals surface area contributed by atoms with Crippen molar-refractivity contribution in [1.82, 2.24) is 10.3 Å². The van der Waals surface area contributed by atoms with Gasteiger partial charge >= 0.3 is 0 Å². The minimum absolute atomic E-state index is 0.0818. The maximum atomic E-state index is 13.6. The van der Waals surface area contributed by atoms with E-state index >= 15 is 0 Å². The predicted molar refractivity (Wildman–Crippen MR) is 201 cm³/mol.